The number of esters is 1. The van der Waals surface area contributed by atoms with Crippen LogP contribution in [0.3, 0.4) is 0 Å². The zero-order valence-corrected chi connectivity index (χ0v) is 14.6. The van der Waals surface area contributed by atoms with Crippen LogP contribution in [0, 0.1) is 11.8 Å². The zero-order valence-electron chi connectivity index (χ0n) is 14.6. The molecule has 2 unspecified atom stereocenters. The van der Waals surface area contributed by atoms with Crippen LogP contribution in [0.2, 0.25) is 0 Å². The maximum atomic E-state index is 12.7. The fraction of sp³-hybridized carbons (Fsp3) is 0.350. The van der Waals surface area contributed by atoms with Crippen molar-refractivity contribution in [3.8, 4) is 0 Å². The van der Waals surface area contributed by atoms with E-state index in [-0.39, 0.29) is 11.7 Å². The SMILES string of the molecule is C[C@@H](OC(=O)C1CCC2C(C(=O)c3ccccc3)=CC=C12)[C@H]([NH3+])C(=O)O. The number of carbonyl (C=O) groups is 3. The summed E-state index contributed by atoms with van der Waals surface area (Å²) in [5.41, 5.74) is 5.73. The van der Waals surface area contributed by atoms with Crippen molar-refractivity contribution < 1.29 is 30.0 Å². The van der Waals surface area contributed by atoms with E-state index in [0.717, 1.165) is 5.57 Å². The molecular formula is C20H22NO5+. The number of ether oxygens (including phenoxy) is 1. The largest absolute Gasteiger partial charge is 0.477 e. The fourth-order valence-electron chi connectivity index (χ4n) is 3.57. The first-order valence-corrected chi connectivity index (χ1v) is 8.68. The van der Waals surface area contributed by atoms with Gasteiger partial charge in [-0.15, -0.1) is 0 Å². The summed E-state index contributed by atoms with van der Waals surface area (Å²) in [6.07, 6.45) is 4.12. The monoisotopic (exact) mass is 356 g/mol. The van der Waals surface area contributed by atoms with Crippen molar-refractivity contribution in [1.82, 2.24) is 0 Å². The van der Waals surface area contributed by atoms with Gasteiger partial charge in [-0.25, -0.2) is 4.79 Å². The van der Waals surface area contributed by atoms with Crippen LogP contribution in [0.4, 0.5) is 0 Å². The van der Waals surface area contributed by atoms with Crippen LogP contribution in [0.1, 0.15) is 30.1 Å². The summed E-state index contributed by atoms with van der Waals surface area (Å²) in [6, 6.07) is 8.06. The lowest BCUT2D eigenvalue weighted by Gasteiger charge is -2.18. The van der Waals surface area contributed by atoms with Gasteiger partial charge in [-0.05, 0) is 25.3 Å². The van der Waals surface area contributed by atoms with Crippen molar-refractivity contribution in [2.24, 2.45) is 11.8 Å². The number of aliphatic carboxylic acids is 1. The molecule has 0 bridgehead atoms. The average Bonchev–Trinajstić information content (AvgIpc) is 3.22. The predicted octanol–water partition coefficient (Wildman–Crippen LogP) is 1.39. The molecule has 0 saturated heterocycles. The van der Waals surface area contributed by atoms with Crippen molar-refractivity contribution in [3.63, 3.8) is 0 Å². The molecule has 3 rings (SSSR count). The molecule has 6 heteroatoms. The van der Waals surface area contributed by atoms with E-state index in [2.05, 4.69) is 5.73 Å². The quantitative estimate of drug-likeness (QED) is 0.591. The third-order valence-corrected chi connectivity index (χ3v) is 5.15. The molecule has 26 heavy (non-hydrogen) atoms. The summed E-state index contributed by atoms with van der Waals surface area (Å²) >= 11 is 0. The summed E-state index contributed by atoms with van der Waals surface area (Å²) in [5.74, 6) is -2.06. The summed E-state index contributed by atoms with van der Waals surface area (Å²) < 4.78 is 5.31. The highest BCUT2D eigenvalue weighted by atomic mass is 16.5. The van der Waals surface area contributed by atoms with Gasteiger partial charge < -0.3 is 15.6 Å². The van der Waals surface area contributed by atoms with E-state index in [1.807, 2.05) is 24.3 Å². The van der Waals surface area contributed by atoms with Crippen molar-refractivity contribution in [3.05, 3.63) is 59.2 Å². The molecule has 1 aromatic rings. The van der Waals surface area contributed by atoms with E-state index in [1.165, 1.54) is 6.92 Å². The highest BCUT2D eigenvalue weighted by Crippen LogP contribution is 2.45. The van der Waals surface area contributed by atoms with Gasteiger partial charge in [-0.3, -0.25) is 9.59 Å². The molecule has 6 nitrogen and oxygen atoms in total. The molecule has 0 amide bonds. The standard InChI is InChI=1S/C20H21NO5/c1-11(17(21)19(23)24)26-20(25)16-10-8-13-14(16)7-9-15(13)18(22)12-5-3-2-4-6-12/h2-7,9,11,13,16-17H,8,10,21H2,1H3,(H,23,24)/p+1/t11-,13?,16?,17+/m1/s1. The molecule has 2 aliphatic carbocycles. The molecule has 2 aliphatic rings. The lowest BCUT2D eigenvalue weighted by atomic mass is 9.90. The minimum absolute atomic E-state index is 0.0204. The summed E-state index contributed by atoms with van der Waals surface area (Å²) in [5, 5.41) is 8.97. The van der Waals surface area contributed by atoms with Crippen molar-refractivity contribution >= 4 is 17.7 Å². The molecule has 1 aromatic carbocycles. The van der Waals surface area contributed by atoms with Crippen LogP contribution in [0.5, 0.6) is 0 Å². The topological polar surface area (TPSA) is 108 Å². The lowest BCUT2D eigenvalue weighted by molar-refractivity contribution is -0.423. The molecule has 0 spiro atoms. The number of hydrogen-bond acceptors (Lipinski definition) is 4. The number of ketones is 1. The van der Waals surface area contributed by atoms with Crippen LogP contribution < -0.4 is 5.73 Å². The van der Waals surface area contributed by atoms with Crippen LogP contribution in [0.25, 0.3) is 0 Å². The Labute approximate surface area is 151 Å². The molecule has 0 aromatic heterocycles. The first-order valence-electron chi connectivity index (χ1n) is 8.68. The number of carbonyl (C=O) groups excluding carboxylic acids is 2. The minimum atomic E-state index is -1.10. The maximum Gasteiger partial charge on any atom is 0.366 e. The third-order valence-electron chi connectivity index (χ3n) is 5.15. The maximum absolute atomic E-state index is 12.7. The summed E-state index contributed by atoms with van der Waals surface area (Å²) in [6.45, 7) is 1.53. The number of allylic oxidation sites excluding steroid dienone is 3. The molecule has 0 radical (unpaired) electrons. The molecule has 136 valence electrons. The van der Waals surface area contributed by atoms with E-state index in [1.54, 1.807) is 18.2 Å². The first kappa shape index (κ1) is 18.1. The minimum Gasteiger partial charge on any atom is -0.477 e. The van der Waals surface area contributed by atoms with Gasteiger partial charge in [0.1, 0.15) is 0 Å². The summed E-state index contributed by atoms with van der Waals surface area (Å²) in [7, 11) is 0. The fourth-order valence-corrected chi connectivity index (χ4v) is 3.57. The van der Waals surface area contributed by atoms with Crippen molar-refractivity contribution in [1.29, 1.82) is 0 Å². The van der Waals surface area contributed by atoms with Gasteiger partial charge in [0.05, 0.1) is 5.92 Å². The lowest BCUT2D eigenvalue weighted by Crippen LogP contribution is -2.70. The Morgan fingerprint density at radius 2 is 1.85 bits per heavy atom. The highest BCUT2D eigenvalue weighted by molar-refractivity contribution is 6.10. The third kappa shape index (κ3) is 3.32. The first-order chi connectivity index (χ1) is 12.4. The molecular weight excluding hydrogens is 334 g/mol. The van der Waals surface area contributed by atoms with Gasteiger partial charge in [0.2, 0.25) is 6.04 Å². The van der Waals surface area contributed by atoms with Gasteiger partial charge in [0, 0.05) is 17.1 Å². The van der Waals surface area contributed by atoms with Crippen LogP contribution in [-0.4, -0.2) is 35.0 Å². The Kier molecular flexibility index (Phi) is 5.04. The molecule has 4 N–H and O–H groups in total. The van der Waals surface area contributed by atoms with Gasteiger partial charge in [0.15, 0.2) is 11.9 Å². The van der Waals surface area contributed by atoms with Crippen molar-refractivity contribution in [2.75, 3.05) is 0 Å². The number of rotatable bonds is 6. The van der Waals surface area contributed by atoms with E-state index in [9.17, 15) is 14.4 Å². The van der Waals surface area contributed by atoms with Gasteiger partial charge in [-0.2, -0.15) is 0 Å². The molecule has 4 atom stereocenters. The number of quaternary nitrogens is 1. The smallest absolute Gasteiger partial charge is 0.366 e. The predicted molar refractivity (Wildman–Crippen MR) is 93.0 cm³/mol. The van der Waals surface area contributed by atoms with E-state index >= 15 is 0 Å². The molecule has 1 saturated carbocycles. The van der Waals surface area contributed by atoms with Crippen LogP contribution >= 0.6 is 0 Å². The number of carboxylic acid groups (broad SMARTS) is 1. The number of carboxylic acids is 1. The van der Waals surface area contributed by atoms with E-state index in [0.29, 0.717) is 24.0 Å². The molecule has 1 fully saturated rings. The van der Waals surface area contributed by atoms with E-state index in [4.69, 9.17) is 9.84 Å². The van der Waals surface area contributed by atoms with E-state index < -0.39 is 30.0 Å². The Morgan fingerprint density at radius 3 is 2.50 bits per heavy atom. The number of fused-ring (bicyclic) bond motifs is 1. The number of benzene rings is 1. The number of hydrogen-bond donors (Lipinski definition) is 2. The Hall–Kier alpha value is -2.73. The highest BCUT2D eigenvalue weighted by Gasteiger charge is 2.42. The zero-order chi connectivity index (χ0) is 18.8. The molecule has 0 heterocycles. The van der Waals surface area contributed by atoms with Crippen molar-refractivity contribution in [2.45, 2.75) is 31.9 Å². The van der Waals surface area contributed by atoms with Gasteiger partial charge in [0.25, 0.3) is 0 Å². The second kappa shape index (κ2) is 7.25. The number of Topliss-reactive ketones (excluding diaryl/α,β-unsaturated/α-hetero) is 1. The second-order valence-corrected chi connectivity index (χ2v) is 6.75. The second-order valence-electron chi connectivity index (χ2n) is 6.75. The summed E-state index contributed by atoms with van der Waals surface area (Å²) in [4.78, 5) is 36.2. The Balaban J connectivity index is 1.67. The van der Waals surface area contributed by atoms with Gasteiger partial charge >= 0.3 is 11.9 Å². The molecule has 0 aliphatic heterocycles. The van der Waals surface area contributed by atoms with Gasteiger partial charge in [-0.1, -0.05) is 42.5 Å². The Bertz CT molecular complexity index is 796. The van der Waals surface area contributed by atoms with Crippen LogP contribution in [0.15, 0.2) is 53.6 Å². The normalized spacial score (nSPS) is 23.5. The van der Waals surface area contributed by atoms with Crippen LogP contribution in [-0.2, 0) is 14.3 Å². The average molecular weight is 356 g/mol. The Morgan fingerprint density at radius 1 is 1.15 bits per heavy atom.